The fraction of sp³-hybridized carbons (Fsp3) is 1.00. The SMILES string of the molecule is CC(C)C[C@@H]1CC(C(C)(C)N)CN1CC(C)C[C@@H](N)CCCN. The Morgan fingerprint density at radius 2 is 1.87 bits per heavy atom. The van der Waals surface area contributed by atoms with Crippen LogP contribution in [0.4, 0.5) is 0 Å². The molecule has 6 N–H and O–H groups in total. The lowest BCUT2D eigenvalue weighted by molar-refractivity contribution is 0.185. The van der Waals surface area contributed by atoms with Crippen LogP contribution >= 0.6 is 0 Å². The summed E-state index contributed by atoms with van der Waals surface area (Å²) >= 11 is 0. The highest BCUT2D eigenvalue weighted by Crippen LogP contribution is 2.34. The van der Waals surface area contributed by atoms with Crippen LogP contribution in [0.25, 0.3) is 0 Å². The van der Waals surface area contributed by atoms with Gasteiger partial charge in [-0.25, -0.2) is 0 Å². The lowest BCUT2D eigenvalue weighted by Gasteiger charge is -2.30. The van der Waals surface area contributed by atoms with Crippen LogP contribution in [0.1, 0.15) is 66.7 Å². The summed E-state index contributed by atoms with van der Waals surface area (Å²) in [5, 5.41) is 0. The van der Waals surface area contributed by atoms with E-state index in [1.54, 1.807) is 0 Å². The van der Waals surface area contributed by atoms with Gasteiger partial charge in [0.2, 0.25) is 0 Å². The van der Waals surface area contributed by atoms with Crippen molar-refractivity contribution < 1.29 is 0 Å². The van der Waals surface area contributed by atoms with E-state index in [4.69, 9.17) is 17.2 Å². The Morgan fingerprint density at radius 1 is 1.22 bits per heavy atom. The van der Waals surface area contributed by atoms with Crippen molar-refractivity contribution in [3.05, 3.63) is 0 Å². The smallest absolute Gasteiger partial charge is 0.0138 e. The van der Waals surface area contributed by atoms with Gasteiger partial charge in [0.1, 0.15) is 0 Å². The average Bonchev–Trinajstić information content (AvgIpc) is 2.78. The molecule has 2 unspecified atom stereocenters. The molecule has 1 aliphatic rings. The van der Waals surface area contributed by atoms with Crippen LogP contribution in [0, 0.1) is 17.8 Å². The zero-order valence-electron chi connectivity index (χ0n) is 16.2. The van der Waals surface area contributed by atoms with Crippen LogP contribution in [0.15, 0.2) is 0 Å². The molecule has 1 aliphatic heterocycles. The number of likely N-dealkylation sites (tertiary alicyclic amines) is 1. The molecule has 1 heterocycles. The largest absolute Gasteiger partial charge is 0.330 e. The van der Waals surface area contributed by atoms with Crippen molar-refractivity contribution in [3.8, 4) is 0 Å². The van der Waals surface area contributed by atoms with Crippen molar-refractivity contribution in [2.75, 3.05) is 19.6 Å². The van der Waals surface area contributed by atoms with Crippen molar-refractivity contribution in [2.45, 2.75) is 84.3 Å². The molecule has 4 heteroatoms. The summed E-state index contributed by atoms with van der Waals surface area (Å²) in [6.45, 7) is 14.4. The molecular formula is C19H42N4. The molecule has 4 nitrogen and oxygen atoms in total. The Bertz CT molecular complexity index is 324. The van der Waals surface area contributed by atoms with Crippen LogP contribution in [-0.2, 0) is 0 Å². The molecule has 4 atom stereocenters. The average molecular weight is 327 g/mol. The summed E-state index contributed by atoms with van der Waals surface area (Å²) in [6.07, 6.45) is 5.71. The van der Waals surface area contributed by atoms with Crippen LogP contribution in [-0.4, -0.2) is 42.2 Å². The minimum atomic E-state index is -0.0786. The molecule has 1 rings (SSSR count). The van der Waals surface area contributed by atoms with Crippen LogP contribution in [0.2, 0.25) is 0 Å². The molecule has 1 saturated heterocycles. The first kappa shape index (κ1) is 20.9. The van der Waals surface area contributed by atoms with Crippen LogP contribution in [0.5, 0.6) is 0 Å². The van der Waals surface area contributed by atoms with Gasteiger partial charge in [-0.05, 0) is 70.3 Å². The van der Waals surface area contributed by atoms with E-state index in [2.05, 4.69) is 39.5 Å². The summed E-state index contributed by atoms with van der Waals surface area (Å²) in [5.41, 5.74) is 18.2. The molecule has 0 aromatic carbocycles. The van der Waals surface area contributed by atoms with Crippen molar-refractivity contribution >= 4 is 0 Å². The van der Waals surface area contributed by atoms with E-state index >= 15 is 0 Å². The third-order valence-electron chi connectivity index (χ3n) is 5.35. The van der Waals surface area contributed by atoms with E-state index in [0.29, 0.717) is 23.9 Å². The van der Waals surface area contributed by atoms with E-state index in [-0.39, 0.29) is 5.54 Å². The summed E-state index contributed by atoms with van der Waals surface area (Å²) in [6, 6.07) is 0.979. The van der Waals surface area contributed by atoms with Gasteiger partial charge < -0.3 is 17.2 Å². The van der Waals surface area contributed by atoms with Crippen molar-refractivity contribution in [2.24, 2.45) is 35.0 Å². The van der Waals surface area contributed by atoms with Gasteiger partial charge in [0, 0.05) is 30.7 Å². The fourth-order valence-electron chi connectivity index (χ4n) is 4.03. The second kappa shape index (κ2) is 9.36. The van der Waals surface area contributed by atoms with E-state index in [1.165, 1.54) is 12.8 Å². The van der Waals surface area contributed by atoms with E-state index in [0.717, 1.165) is 44.8 Å². The maximum atomic E-state index is 6.40. The topological polar surface area (TPSA) is 81.3 Å². The highest BCUT2D eigenvalue weighted by atomic mass is 15.2. The molecule has 138 valence electrons. The van der Waals surface area contributed by atoms with Gasteiger partial charge in [-0.2, -0.15) is 0 Å². The standard InChI is InChI=1S/C19H42N4/c1-14(2)9-18-11-16(19(4,5)22)13-23(18)12-15(3)10-17(21)7-6-8-20/h14-18H,6-13,20-22H2,1-5H3/t15?,16?,17-,18+/m0/s1. The van der Waals surface area contributed by atoms with E-state index in [1.807, 2.05) is 0 Å². The first-order valence-corrected chi connectivity index (χ1v) is 9.62. The highest BCUT2D eigenvalue weighted by Gasteiger charge is 2.38. The van der Waals surface area contributed by atoms with Gasteiger partial charge in [-0.15, -0.1) is 0 Å². The van der Waals surface area contributed by atoms with Gasteiger partial charge >= 0.3 is 0 Å². The summed E-state index contributed by atoms with van der Waals surface area (Å²) in [7, 11) is 0. The number of hydrogen-bond donors (Lipinski definition) is 3. The highest BCUT2D eigenvalue weighted by molar-refractivity contribution is 4.95. The lowest BCUT2D eigenvalue weighted by atomic mass is 9.85. The fourth-order valence-corrected chi connectivity index (χ4v) is 4.03. The van der Waals surface area contributed by atoms with E-state index < -0.39 is 0 Å². The third kappa shape index (κ3) is 7.51. The minimum absolute atomic E-state index is 0.0786. The van der Waals surface area contributed by atoms with Gasteiger partial charge in [0.25, 0.3) is 0 Å². The van der Waals surface area contributed by atoms with Gasteiger partial charge in [0.05, 0.1) is 0 Å². The molecule has 0 aliphatic carbocycles. The molecule has 0 aromatic heterocycles. The second-order valence-electron chi connectivity index (χ2n) is 9.02. The second-order valence-corrected chi connectivity index (χ2v) is 9.02. The number of nitrogens with two attached hydrogens (primary N) is 3. The van der Waals surface area contributed by atoms with Gasteiger partial charge in [-0.1, -0.05) is 20.8 Å². The zero-order chi connectivity index (χ0) is 17.6. The Balaban J connectivity index is 2.56. The first-order chi connectivity index (χ1) is 10.6. The first-order valence-electron chi connectivity index (χ1n) is 9.62. The molecule has 1 fully saturated rings. The van der Waals surface area contributed by atoms with E-state index in [9.17, 15) is 0 Å². The Labute approximate surface area is 144 Å². The molecule has 0 spiro atoms. The Kier molecular flexibility index (Phi) is 8.50. The number of nitrogens with zero attached hydrogens (tertiary/aromatic N) is 1. The number of rotatable bonds is 10. The molecule has 0 radical (unpaired) electrons. The Morgan fingerprint density at radius 3 is 2.39 bits per heavy atom. The maximum Gasteiger partial charge on any atom is 0.0138 e. The summed E-state index contributed by atoms with van der Waals surface area (Å²) in [4.78, 5) is 2.69. The van der Waals surface area contributed by atoms with Crippen molar-refractivity contribution in [1.82, 2.24) is 4.90 Å². The van der Waals surface area contributed by atoms with Gasteiger partial charge in [-0.3, -0.25) is 4.90 Å². The quantitative estimate of drug-likeness (QED) is 0.576. The third-order valence-corrected chi connectivity index (χ3v) is 5.35. The maximum absolute atomic E-state index is 6.40. The van der Waals surface area contributed by atoms with Crippen molar-refractivity contribution in [3.63, 3.8) is 0 Å². The number of hydrogen-bond acceptors (Lipinski definition) is 4. The predicted octanol–water partition coefficient (Wildman–Crippen LogP) is 2.55. The predicted molar refractivity (Wildman–Crippen MR) is 101 cm³/mol. The zero-order valence-corrected chi connectivity index (χ0v) is 16.2. The molecule has 0 aromatic rings. The van der Waals surface area contributed by atoms with Gasteiger partial charge in [0.15, 0.2) is 0 Å². The lowest BCUT2D eigenvalue weighted by Crippen LogP contribution is -2.42. The summed E-state index contributed by atoms with van der Waals surface area (Å²) in [5.74, 6) is 1.98. The molecule has 0 amide bonds. The molecule has 0 bridgehead atoms. The van der Waals surface area contributed by atoms with Crippen molar-refractivity contribution in [1.29, 1.82) is 0 Å². The van der Waals surface area contributed by atoms with Crippen LogP contribution < -0.4 is 17.2 Å². The molecule has 0 saturated carbocycles. The Hall–Kier alpha value is -0.160. The monoisotopic (exact) mass is 326 g/mol. The molecular weight excluding hydrogens is 284 g/mol. The molecule has 23 heavy (non-hydrogen) atoms. The normalized spacial score (nSPS) is 26.0. The summed E-state index contributed by atoms with van der Waals surface area (Å²) < 4.78 is 0. The van der Waals surface area contributed by atoms with Crippen LogP contribution in [0.3, 0.4) is 0 Å². The minimum Gasteiger partial charge on any atom is -0.330 e.